The summed E-state index contributed by atoms with van der Waals surface area (Å²) in [6.07, 6.45) is -0.0134. The van der Waals surface area contributed by atoms with E-state index in [-0.39, 0.29) is 31.2 Å². The average Bonchev–Trinajstić information content (AvgIpc) is 3.58. The first-order chi connectivity index (χ1) is 26.0. The number of aliphatic carboxylic acids is 1. The predicted octanol–water partition coefficient (Wildman–Crippen LogP) is -2.13. The molecule has 2 aliphatic heterocycles. The third-order valence-corrected chi connectivity index (χ3v) is 10.1. The number of piperidine rings is 1. The standard InChI is InChI=1S/C37H61N9O9/c1-20(2)18-27(34(52)41-21(3)31(40)49)45-33(51)25(14-16-30(47)48)42-36(54)29-15-12-23-11-13-26(37(55)46(23)29)43-35(53)28(19-22-8-5-4-6-9-22)44-32(50)24(39)10-7-17-38/h4-6,8-9,20-21,23-29,32,35,43-44,50,53H,7,10-19,38-39H2,1-3H3,(H2,40,49)(H,41,52)(H,42,54)(H,45,51)(H,47,48)/t21-,23-,24-,25-,26-,27-,28-,29?,32-,35+/m1/s1. The van der Waals surface area contributed by atoms with Gasteiger partial charge in [0.2, 0.25) is 29.5 Å². The van der Waals surface area contributed by atoms with Crippen molar-refractivity contribution in [3.8, 4) is 0 Å². The smallest absolute Gasteiger partial charge is 0.303 e. The maximum Gasteiger partial charge on any atom is 0.303 e. The number of nitrogens with two attached hydrogens (primary N) is 3. The van der Waals surface area contributed by atoms with Crippen LogP contribution in [0.5, 0.6) is 0 Å². The largest absolute Gasteiger partial charge is 0.481 e. The molecule has 18 nitrogen and oxygen atoms in total. The molecule has 0 bridgehead atoms. The molecule has 2 aliphatic rings. The number of carbonyl (C=O) groups is 6. The Kier molecular flexibility index (Phi) is 17.9. The number of primary amides is 1. The number of nitrogens with one attached hydrogen (secondary N) is 5. The lowest BCUT2D eigenvalue weighted by Crippen LogP contribution is -2.63. The monoisotopic (exact) mass is 775 g/mol. The van der Waals surface area contributed by atoms with Crippen LogP contribution in [0.2, 0.25) is 0 Å². The number of carbonyl (C=O) groups excluding carboxylic acids is 5. The normalized spacial score (nSPS) is 22.1. The van der Waals surface area contributed by atoms with E-state index in [0.29, 0.717) is 45.1 Å². The van der Waals surface area contributed by atoms with Gasteiger partial charge >= 0.3 is 5.97 Å². The molecule has 2 saturated heterocycles. The minimum atomic E-state index is -1.36. The molecule has 308 valence electrons. The van der Waals surface area contributed by atoms with Crippen molar-refractivity contribution in [3.05, 3.63) is 35.9 Å². The van der Waals surface area contributed by atoms with Gasteiger partial charge in [0, 0.05) is 18.5 Å². The van der Waals surface area contributed by atoms with Crippen molar-refractivity contribution < 1.29 is 44.1 Å². The van der Waals surface area contributed by atoms with Crippen molar-refractivity contribution in [3.63, 3.8) is 0 Å². The van der Waals surface area contributed by atoms with Crippen LogP contribution in [-0.2, 0) is 35.2 Å². The van der Waals surface area contributed by atoms with E-state index in [4.69, 9.17) is 17.2 Å². The molecule has 0 saturated carbocycles. The number of hydrogen-bond acceptors (Lipinski definition) is 12. The molecule has 1 aromatic carbocycles. The third kappa shape index (κ3) is 13.8. The van der Waals surface area contributed by atoms with E-state index in [9.17, 15) is 44.1 Å². The first-order valence-electron chi connectivity index (χ1n) is 19.1. The van der Waals surface area contributed by atoms with Gasteiger partial charge in [-0.3, -0.25) is 39.4 Å². The van der Waals surface area contributed by atoms with Crippen LogP contribution in [0.15, 0.2) is 30.3 Å². The zero-order chi connectivity index (χ0) is 40.8. The van der Waals surface area contributed by atoms with Crippen LogP contribution in [0.1, 0.15) is 84.1 Å². The van der Waals surface area contributed by atoms with Gasteiger partial charge in [0.25, 0.3) is 0 Å². The van der Waals surface area contributed by atoms with Crippen molar-refractivity contribution in [1.29, 1.82) is 0 Å². The van der Waals surface area contributed by atoms with Gasteiger partial charge in [-0.1, -0.05) is 44.2 Å². The van der Waals surface area contributed by atoms with E-state index in [1.165, 1.54) is 11.8 Å². The van der Waals surface area contributed by atoms with Crippen LogP contribution >= 0.6 is 0 Å². The maximum absolute atomic E-state index is 14.0. The Hall–Kier alpha value is -4.20. The van der Waals surface area contributed by atoms with E-state index >= 15 is 0 Å². The van der Waals surface area contributed by atoms with E-state index in [0.717, 1.165) is 5.56 Å². The van der Waals surface area contributed by atoms with E-state index in [2.05, 4.69) is 26.6 Å². The van der Waals surface area contributed by atoms with E-state index < -0.39 is 96.7 Å². The third-order valence-electron chi connectivity index (χ3n) is 10.1. The number of hydrogen-bond donors (Lipinski definition) is 11. The Bertz CT molecular complexity index is 1450. The zero-order valence-electron chi connectivity index (χ0n) is 32.0. The summed E-state index contributed by atoms with van der Waals surface area (Å²) in [6, 6.07) is 2.27. The molecule has 1 aromatic rings. The molecule has 14 N–H and O–H groups in total. The number of aliphatic hydroxyl groups is 2. The molecule has 3 rings (SSSR count). The molecule has 2 fully saturated rings. The lowest BCUT2D eigenvalue weighted by atomic mass is 9.96. The number of carboxylic acid groups (broad SMARTS) is 1. The number of nitrogens with zero attached hydrogens (tertiary/aromatic N) is 1. The number of fused-ring (bicyclic) bond motifs is 1. The van der Waals surface area contributed by atoms with Gasteiger partial charge in [-0.2, -0.15) is 0 Å². The van der Waals surface area contributed by atoms with Crippen LogP contribution in [0, 0.1) is 5.92 Å². The second-order valence-corrected chi connectivity index (χ2v) is 15.1. The highest BCUT2D eigenvalue weighted by Crippen LogP contribution is 2.33. The summed E-state index contributed by atoms with van der Waals surface area (Å²) in [6.45, 7) is 5.45. The van der Waals surface area contributed by atoms with Crippen LogP contribution in [-0.4, -0.2) is 123 Å². The highest BCUT2D eigenvalue weighted by molar-refractivity contribution is 5.96. The highest BCUT2D eigenvalue weighted by atomic mass is 16.4. The first-order valence-corrected chi connectivity index (χ1v) is 19.1. The van der Waals surface area contributed by atoms with Crippen molar-refractivity contribution in [2.75, 3.05) is 6.54 Å². The van der Waals surface area contributed by atoms with Gasteiger partial charge in [0.15, 0.2) is 0 Å². The topological polar surface area (TPSA) is 305 Å². The Balaban J connectivity index is 1.75. The molecular formula is C37H61N9O9. The van der Waals surface area contributed by atoms with Gasteiger partial charge < -0.3 is 53.4 Å². The molecule has 0 radical (unpaired) electrons. The van der Waals surface area contributed by atoms with Gasteiger partial charge in [-0.25, -0.2) is 0 Å². The molecule has 0 aromatic heterocycles. The summed E-state index contributed by atoms with van der Waals surface area (Å²) >= 11 is 0. The molecule has 5 amide bonds. The van der Waals surface area contributed by atoms with Crippen molar-refractivity contribution >= 4 is 35.5 Å². The summed E-state index contributed by atoms with van der Waals surface area (Å²) in [5.74, 6) is -4.59. The fourth-order valence-corrected chi connectivity index (χ4v) is 7.05. The lowest BCUT2D eigenvalue weighted by Gasteiger charge is -2.40. The van der Waals surface area contributed by atoms with Crippen LogP contribution < -0.4 is 43.8 Å². The number of rotatable bonds is 23. The number of benzene rings is 1. The zero-order valence-corrected chi connectivity index (χ0v) is 32.0. The minimum absolute atomic E-state index is 0.0685. The van der Waals surface area contributed by atoms with Crippen LogP contribution in [0.4, 0.5) is 0 Å². The molecule has 55 heavy (non-hydrogen) atoms. The number of aliphatic hydroxyl groups excluding tert-OH is 2. The summed E-state index contributed by atoms with van der Waals surface area (Å²) in [5, 5.41) is 45.4. The molecule has 1 unspecified atom stereocenters. The van der Waals surface area contributed by atoms with E-state index in [1.807, 2.05) is 44.2 Å². The molecule has 2 heterocycles. The van der Waals surface area contributed by atoms with Gasteiger partial charge in [0.05, 0.1) is 12.1 Å². The lowest BCUT2D eigenvalue weighted by molar-refractivity contribution is -0.146. The molecule has 0 spiro atoms. The Morgan fingerprint density at radius 2 is 1.55 bits per heavy atom. The Morgan fingerprint density at radius 1 is 0.891 bits per heavy atom. The number of carboxylic acids is 1. The highest BCUT2D eigenvalue weighted by Gasteiger charge is 2.47. The molecule has 0 aliphatic carbocycles. The molecule has 10 atom stereocenters. The minimum Gasteiger partial charge on any atom is -0.481 e. The average molecular weight is 776 g/mol. The second kappa shape index (κ2) is 21.8. The Morgan fingerprint density at radius 3 is 2.16 bits per heavy atom. The van der Waals surface area contributed by atoms with Gasteiger partial charge in [-0.05, 0) is 82.7 Å². The first kappa shape index (κ1) is 45.2. The summed E-state index contributed by atoms with van der Waals surface area (Å²) in [5.41, 5.74) is 17.9. The van der Waals surface area contributed by atoms with Crippen LogP contribution in [0.25, 0.3) is 0 Å². The SMILES string of the molecule is CC(C)C[C@@H](NC(=O)[C@@H](CCC(=O)O)NC(=O)C1CC[C@H]2CC[C@@H](N[C@@H](O)[C@@H](Cc3ccccc3)N[C@H](O)[C@H](N)CCCN)C(=O)N12)C(=O)N[C@H](C)C(N)=O. The fourth-order valence-electron chi connectivity index (χ4n) is 7.05. The fraction of sp³-hybridized carbons (Fsp3) is 0.676. The predicted molar refractivity (Wildman–Crippen MR) is 202 cm³/mol. The number of amides is 5. The van der Waals surface area contributed by atoms with Crippen LogP contribution in [0.3, 0.4) is 0 Å². The second-order valence-electron chi connectivity index (χ2n) is 15.1. The van der Waals surface area contributed by atoms with Gasteiger partial charge in [-0.15, -0.1) is 0 Å². The quantitative estimate of drug-likeness (QED) is 0.0531. The summed E-state index contributed by atoms with van der Waals surface area (Å²) in [7, 11) is 0. The van der Waals surface area contributed by atoms with Crippen molar-refractivity contribution in [2.24, 2.45) is 23.1 Å². The maximum atomic E-state index is 14.0. The van der Waals surface area contributed by atoms with Crippen molar-refractivity contribution in [2.45, 2.75) is 146 Å². The Labute approximate surface area is 322 Å². The summed E-state index contributed by atoms with van der Waals surface area (Å²) in [4.78, 5) is 78.9. The molecular weight excluding hydrogens is 714 g/mol. The molecule has 18 heteroatoms. The van der Waals surface area contributed by atoms with E-state index in [1.54, 1.807) is 0 Å². The summed E-state index contributed by atoms with van der Waals surface area (Å²) < 4.78 is 0. The van der Waals surface area contributed by atoms with Gasteiger partial charge in [0.1, 0.15) is 36.6 Å². The van der Waals surface area contributed by atoms with Crippen molar-refractivity contribution in [1.82, 2.24) is 31.5 Å².